The minimum absolute atomic E-state index is 0.116. The molecular formula is C11H11N3OS2. The number of aliphatic hydroxyl groups excluding tert-OH is 1. The third-order valence-electron chi connectivity index (χ3n) is 1.87. The van der Waals surface area contributed by atoms with Gasteiger partial charge in [0.05, 0.1) is 6.61 Å². The van der Waals surface area contributed by atoms with E-state index in [0.717, 1.165) is 16.5 Å². The first-order valence-electron chi connectivity index (χ1n) is 5.04. The Bertz CT molecular complexity index is 510. The molecule has 0 aromatic carbocycles. The van der Waals surface area contributed by atoms with Crippen LogP contribution in [-0.4, -0.2) is 26.9 Å². The van der Waals surface area contributed by atoms with Gasteiger partial charge in [0, 0.05) is 28.0 Å². The molecule has 4 nitrogen and oxygen atoms in total. The van der Waals surface area contributed by atoms with Gasteiger partial charge in [-0.2, -0.15) is 5.10 Å². The highest BCUT2D eigenvalue weighted by atomic mass is 32.2. The highest BCUT2D eigenvalue weighted by Crippen LogP contribution is 2.23. The summed E-state index contributed by atoms with van der Waals surface area (Å²) in [5.41, 5.74) is 1.01. The van der Waals surface area contributed by atoms with Gasteiger partial charge >= 0.3 is 0 Å². The molecule has 2 N–H and O–H groups in total. The van der Waals surface area contributed by atoms with Crippen molar-refractivity contribution in [2.24, 2.45) is 0 Å². The van der Waals surface area contributed by atoms with Crippen molar-refractivity contribution in [3.05, 3.63) is 28.2 Å². The fourth-order valence-corrected chi connectivity index (χ4v) is 2.80. The lowest BCUT2D eigenvalue weighted by Gasteiger charge is -1.92. The van der Waals surface area contributed by atoms with Gasteiger partial charge in [-0.1, -0.05) is 23.6 Å². The first-order chi connectivity index (χ1) is 8.38. The minimum Gasteiger partial charge on any atom is -0.395 e. The number of thiophene rings is 1. The summed E-state index contributed by atoms with van der Waals surface area (Å²) in [4.78, 5) is 5.29. The first kappa shape index (κ1) is 12.2. The highest BCUT2D eigenvalue weighted by Gasteiger charge is 2.01. The van der Waals surface area contributed by atoms with Crippen LogP contribution in [0.5, 0.6) is 0 Å². The molecule has 2 aromatic heterocycles. The number of nitrogens with zero attached hydrogens (tertiary/aromatic N) is 2. The average molecular weight is 265 g/mol. The van der Waals surface area contributed by atoms with Crippen LogP contribution in [0.3, 0.4) is 0 Å². The quantitative estimate of drug-likeness (QED) is 0.654. The Balaban J connectivity index is 1.88. The smallest absolute Gasteiger partial charge is 0.183 e. The number of H-pyrrole nitrogens is 1. The molecule has 88 valence electrons. The van der Waals surface area contributed by atoms with Crippen molar-refractivity contribution in [2.45, 2.75) is 17.3 Å². The maximum absolute atomic E-state index is 8.62. The van der Waals surface area contributed by atoms with E-state index >= 15 is 0 Å². The molecule has 0 amide bonds. The van der Waals surface area contributed by atoms with E-state index in [9.17, 15) is 0 Å². The molecule has 2 heterocycles. The molecule has 0 fully saturated rings. The summed E-state index contributed by atoms with van der Waals surface area (Å²) in [6.07, 6.45) is 2.03. The number of hydrogen-bond donors (Lipinski definition) is 2. The van der Waals surface area contributed by atoms with Crippen LogP contribution in [0, 0.1) is 11.8 Å². The Morgan fingerprint density at radius 1 is 1.53 bits per heavy atom. The summed E-state index contributed by atoms with van der Waals surface area (Å²) in [5.74, 6) is 6.78. The zero-order valence-electron chi connectivity index (χ0n) is 9.01. The maximum Gasteiger partial charge on any atom is 0.183 e. The van der Waals surface area contributed by atoms with Crippen LogP contribution in [0.4, 0.5) is 0 Å². The standard InChI is InChI=1S/C11H11N3OS2/c15-4-2-1-3-9-5-10(16-6-9)7-17-11-12-8-13-14-11/h5-6,8,15H,2,4,7H2,(H,12,13,14). The third-order valence-corrected chi connectivity index (χ3v) is 3.91. The van der Waals surface area contributed by atoms with Crippen LogP contribution in [-0.2, 0) is 5.75 Å². The number of aromatic amines is 1. The van der Waals surface area contributed by atoms with E-state index < -0.39 is 0 Å². The summed E-state index contributed by atoms with van der Waals surface area (Å²) < 4.78 is 0. The number of rotatable bonds is 4. The van der Waals surface area contributed by atoms with E-state index in [1.807, 2.05) is 5.38 Å². The van der Waals surface area contributed by atoms with E-state index in [2.05, 4.69) is 33.1 Å². The fraction of sp³-hybridized carbons (Fsp3) is 0.273. The Morgan fingerprint density at radius 2 is 2.47 bits per heavy atom. The Labute approximate surface area is 107 Å². The fourth-order valence-electron chi connectivity index (χ4n) is 1.15. The monoisotopic (exact) mass is 265 g/mol. The normalized spacial score (nSPS) is 9.94. The average Bonchev–Trinajstić information content (AvgIpc) is 2.98. The number of aromatic nitrogens is 3. The number of hydrogen-bond acceptors (Lipinski definition) is 5. The Morgan fingerprint density at radius 3 is 3.24 bits per heavy atom. The molecule has 0 saturated carbocycles. The predicted octanol–water partition coefficient (Wildman–Crippen LogP) is 1.89. The molecule has 0 unspecified atom stereocenters. The molecule has 0 aliphatic rings. The van der Waals surface area contributed by atoms with E-state index in [-0.39, 0.29) is 6.61 Å². The lowest BCUT2D eigenvalue weighted by Crippen LogP contribution is -1.78. The van der Waals surface area contributed by atoms with Gasteiger partial charge in [-0.25, -0.2) is 4.98 Å². The van der Waals surface area contributed by atoms with E-state index in [4.69, 9.17) is 5.11 Å². The van der Waals surface area contributed by atoms with Gasteiger partial charge in [0.25, 0.3) is 0 Å². The highest BCUT2D eigenvalue weighted by molar-refractivity contribution is 7.98. The van der Waals surface area contributed by atoms with Crippen molar-refractivity contribution in [1.82, 2.24) is 15.2 Å². The molecule has 17 heavy (non-hydrogen) atoms. The zero-order chi connectivity index (χ0) is 11.9. The SMILES string of the molecule is OCCC#Cc1csc(CSc2ncn[nH]2)c1. The van der Waals surface area contributed by atoms with Crippen LogP contribution in [0.25, 0.3) is 0 Å². The first-order valence-corrected chi connectivity index (χ1v) is 6.90. The van der Waals surface area contributed by atoms with E-state index in [1.165, 1.54) is 11.2 Å². The molecule has 2 rings (SSSR count). The predicted molar refractivity (Wildman–Crippen MR) is 68.8 cm³/mol. The van der Waals surface area contributed by atoms with Gasteiger partial charge in [0.2, 0.25) is 0 Å². The van der Waals surface area contributed by atoms with Gasteiger partial charge in [0.1, 0.15) is 6.33 Å². The molecule has 2 aromatic rings. The molecule has 0 atom stereocenters. The van der Waals surface area contributed by atoms with E-state index in [0.29, 0.717) is 6.42 Å². The number of nitrogens with one attached hydrogen (secondary N) is 1. The number of thioether (sulfide) groups is 1. The van der Waals surface area contributed by atoms with Crippen LogP contribution in [0.15, 0.2) is 22.9 Å². The van der Waals surface area contributed by atoms with Crippen molar-refractivity contribution in [1.29, 1.82) is 0 Å². The Hall–Kier alpha value is -1.29. The second-order valence-electron chi connectivity index (χ2n) is 3.16. The third kappa shape index (κ3) is 3.89. The molecule has 0 aliphatic carbocycles. The van der Waals surface area contributed by atoms with E-state index in [1.54, 1.807) is 23.1 Å². The summed E-state index contributed by atoms with van der Waals surface area (Å²) >= 11 is 3.30. The summed E-state index contributed by atoms with van der Waals surface area (Å²) in [6.45, 7) is 0.116. The lowest BCUT2D eigenvalue weighted by molar-refractivity contribution is 0.305. The van der Waals surface area contributed by atoms with Crippen LogP contribution in [0.2, 0.25) is 0 Å². The molecule has 0 saturated heterocycles. The molecule has 0 aliphatic heterocycles. The summed E-state index contributed by atoms with van der Waals surface area (Å²) in [6, 6.07) is 2.07. The van der Waals surface area contributed by atoms with Gasteiger partial charge < -0.3 is 5.11 Å². The van der Waals surface area contributed by atoms with Gasteiger partial charge in [-0.15, -0.1) is 11.3 Å². The molecule has 0 spiro atoms. The molecule has 0 bridgehead atoms. The van der Waals surface area contributed by atoms with Crippen LogP contribution in [0.1, 0.15) is 16.9 Å². The molecule has 6 heteroatoms. The second-order valence-corrected chi connectivity index (χ2v) is 5.12. The van der Waals surface area contributed by atoms with Crippen molar-refractivity contribution < 1.29 is 5.11 Å². The molecule has 0 radical (unpaired) electrons. The number of aliphatic hydroxyl groups is 1. The van der Waals surface area contributed by atoms with Crippen LogP contribution >= 0.6 is 23.1 Å². The minimum atomic E-state index is 0.116. The van der Waals surface area contributed by atoms with Crippen LogP contribution < -0.4 is 0 Å². The van der Waals surface area contributed by atoms with Crippen molar-refractivity contribution in [2.75, 3.05) is 6.61 Å². The molecular weight excluding hydrogens is 254 g/mol. The van der Waals surface area contributed by atoms with Crippen molar-refractivity contribution in [3.8, 4) is 11.8 Å². The van der Waals surface area contributed by atoms with Crippen molar-refractivity contribution in [3.63, 3.8) is 0 Å². The zero-order valence-corrected chi connectivity index (χ0v) is 10.6. The van der Waals surface area contributed by atoms with Crippen molar-refractivity contribution >= 4 is 23.1 Å². The topological polar surface area (TPSA) is 61.8 Å². The summed E-state index contributed by atoms with van der Waals surface area (Å²) in [7, 11) is 0. The maximum atomic E-state index is 8.62. The lowest BCUT2D eigenvalue weighted by atomic mass is 10.3. The summed E-state index contributed by atoms with van der Waals surface area (Å²) in [5, 5.41) is 18.1. The van der Waals surface area contributed by atoms with Gasteiger partial charge in [0.15, 0.2) is 5.16 Å². The Kier molecular flexibility index (Phi) is 4.62. The van der Waals surface area contributed by atoms with Gasteiger partial charge in [-0.3, -0.25) is 5.10 Å². The van der Waals surface area contributed by atoms with Gasteiger partial charge in [-0.05, 0) is 6.07 Å². The second kappa shape index (κ2) is 6.45. The largest absolute Gasteiger partial charge is 0.395 e.